The Morgan fingerprint density at radius 1 is 1.36 bits per heavy atom. The topological polar surface area (TPSA) is 93.9 Å². The summed E-state index contributed by atoms with van der Waals surface area (Å²) in [5.41, 5.74) is 1.11. The lowest BCUT2D eigenvalue weighted by molar-refractivity contribution is -0.113. The molecule has 2 atom stereocenters. The van der Waals surface area contributed by atoms with E-state index in [1.165, 1.54) is 11.8 Å². The van der Waals surface area contributed by atoms with Crippen molar-refractivity contribution in [3.8, 4) is 0 Å². The van der Waals surface area contributed by atoms with E-state index in [1.54, 1.807) is 6.20 Å². The second kappa shape index (κ2) is 7.11. The molecule has 0 bridgehead atoms. The molecule has 152 valence electrons. The maximum atomic E-state index is 13.0. The highest BCUT2D eigenvalue weighted by Gasteiger charge is 2.36. The summed E-state index contributed by atoms with van der Waals surface area (Å²) in [5, 5.41) is 10.1. The number of hydrogen-bond acceptors (Lipinski definition) is 5. The molecule has 2 aliphatic heterocycles. The van der Waals surface area contributed by atoms with Gasteiger partial charge in [0.1, 0.15) is 5.82 Å². The smallest absolute Gasteiger partial charge is 0.271 e. The highest BCUT2D eigenvalue weighted by Crippen LogP contribution is 2.42. The zero-order valence-corrected chi connectivity index (χ0v) is 17.5. The van der Waals surface area contributed by atoms with Gasteiger partial charge < -0.3 is 10.1 Å². The molecule has 9 heteroatoms. The van der Waals surface area contributed by atoms with Crippen molar-refractivity contribution in [1.82, 2.24) is 19.6 Å². The zero-order chi connectivity index (χ0) is 20.1. The molecule has 1 saturated heterocycles. The molecule has 2 unspecified atom stereocenters. The van der Waals surface area contributed by atoms with Crippen LogP contribution < -0.4 is 10.9 Å². The van der Waals surface area contributed by atoms with Crippen LogP contribution in [0.2, 0.25) is 0 Å². The van der Waals surface area contributed by atoms with Crippen LogP contribution in [0.1, 0.15) is 69.1 Å². The number of ether oxygens (including phenoxy) is 1. The summed E-state index contributed by atoms with van der Waals surface area (Å²) in [4.78, 5) is 25.5. The number of nitrogens with zero attached hydrogens (tertiary/aromatic N) is 3. The van der Waals surface area contributed by atoms with E-state index in [1.807, 2.05) is 15.4 Å². The fourth-order valence-corrected chi connectivity index (χ4v) is 5.27. The van der Waals surface area contributed by atoms with Crippen LogP contribution in [0.4, 0.5) is 5.82 Å². The summed E-state index contributed by atoms with van der Waals surface area (Å²) in [6.07, 6.45) is 3.31. The van der Waals surface area contributed by atoms with E-state index in [0.717, 1.165) is 18.5 Å². The standard InChI is InChI=1S/C19H27N5O3S/c1-11(2)23-13(5-7-20-23)16-15-17(21-14(25)10-28-16)24(22-18(15)26)12-6-8-27-19(3,4)9-12/h5,7,11-12,16H,6,8-10H2,1-4H3,(H,21,25)(H,22,26). The zero-order valence-electron chi connectivity index (χ0n) is 16.7. The molecule has 4 heterocycles. The number of aromatic amines is 1. The predicted octanol–water partition coefficient (Wildman–Crippen LogP) is 2.86. The first kappa shape index (κ1) is 19.3. The summed E-state index contributed by atoms with van der Waals surface area (Å²) < 4.78 is 9.61. The van der Waals surface area contributed by atoms with Crippen molar-refractivity contribution in [1.29, 1.82) is 0 Å². The van der Waals surface area contributed by atoms with Gasteiger partial charge in [-0.05, 0) is 46.6 Å². The third-order valence-corrected chi connectivity index (χ3v) is 6.60. The lowest BCUT2D eigenvalue weighted by Gasteiger charge is -2.36. The number of nitrogens with one attached hydrogen (secondary N) is 2. The number of rotatable bonds is 3. The first-order chi connectivity index (χ1) is 13.3. The molecule has 8 nitrogen and oxygen atoms in total. The summed E-state index contributed by atoms with van der Waals surface area (Å²) in [5.74, 6) is 0.786. The van der Waals surface area contributed by atoms with Crippen molar-refractivity contribution in [2.75, 3.05) is 17.7 Å². The van der Waals surface area contributed by atoms with Gasteiger partial charge in [0, 0.05) is 18.8 Å². The monoisotopic (exact) mass is 405 g/mol. The van der Waals surface area contributed by atoms with Crippen molar-refractivity contribution >= 4 is 23.5 Å². The number of amides is 1. The largest absolute Gasteiger partial charge is 0.375 e. The van der Waals surface area contributed by atoms with E-state index in [0.29, 0.717) is 23.7 Å². The Hall–Kier alpha value is -2.00. The van der Waals surface area contributed by atoms with Crippen LogP contribution in [0.15, 0.2) is 17.1 Å². The molecule has 0 saturated carbocycles. The predicted molar refractivity (Wildman–Crippen MR) is 109 cm³/mol. The Kier molecular flexibility index (Phi) is 4.91. The molecular weight excluding hydrogens is 378 g/mol. The van der Waals surface area contributed by atoms with Gasteiger partial charge in [0.2, 0.25) is 5.91 Å². The second-order valence-corrected chi connectivity index (χ2v) is 9.46. The number of thioether (sulfide) groups is 1. The number of hydrogen-bond donors (Lipinski definition) is 2. The molecule has 2 N–H and O–H groups in total. The van der Waals surface area contributed by atoms with E-state index in [9.17, 15) is 9.59 Å². The molecule has 2 aromatic rings. The van der Waals surface area contributed by atoms with Gasteiger partial charge in [-0.2, -0.15) is 5.10 Å². The van der Waals surface area contributed by atoms with Crippen molar-refractivity contribution in [2.45, 2.75) is 63.5 Å². The van der Waals surface area contributed by atoms with Gasteiger partial charge in [-0.15, -0.1) is 11.8 Å². The van der Waals surface area contributed by atoms with Crippen LogP contribution >= 0.6 is 11.8 Å². The maximum Gasteiger partial charge on any atom is 0.271 e. The normalized spacial score (nSPS) is 24.7. The Morgan fingerprint density at radius 2 is 2.14 bits per heavy atom. The van der Waals surface area contributed by atoms with Gasteiger partial charge in [0.05, 0.1) is 33.9 Å². The molecule has 1 amide bonds. The van der Waals surface area contributed by atoms with Gasteiger partial charge in [-0.25, -0.2) is 0 Å². The number of aromatic nitrogens is 4. The Morgan fingerprint density at radius 3 is 2.86 bits per heavy atom. The Balaban J connectivity index is 1.82. The minimum atomic E-state index is -0.268. The molecule has 2 aromatic heterocycles. The van der Waals surface area contributed by atoms with E-state index >= 15 is 0 Å². The van der Waals surface area contributed by atoms with E-state index < -0.39 is 0 Å². The van der Waals surface area contributed by atoms with Crippen molar-refractivity contribution < 1.29 is 9.53 Å². The Bertz CT molecular complexity index is 942. The second-order valence-electron chi connectivity index (χ2n) is 8.36. The molecule has 28 heavy (non-hydrogen) atoms. The summed E-state index contributed by atoms with van der Waals surface area (Å²) in [6, 6.07) is 2.17. The van der Waals surface area contributed by atoms with Crippen LogP contribution in [0, 0.1) is 0 Å². The lowest BCUT2D eigenvalue weighted by atomic mass is 9.94. The average molecular weight is 406 g/mol. The fourth-order valence-electron chi connectivity index (χ4n) is 4.13. The van der Waals surface area contributed by atoms with Crippen LogP contribution in [-0.4, -0.2) is 43.4 Å². The number of anilines is 1. The SMILES string of the molecule is CC(C)n1nccc1C1SCC(=O)Nc2c1c(=O)[nH]n2C1CCOC(C)(C)C1. The minimum Gasteiger partial charge on any atom is -0.375 e. The quantitative estimate of drug-likeness (QED) is 0.819. The molecule has 0 aliphatic carbocycles. The highest BCUT2D eigenvalue weighted by atomic mass is 32.2. The van der Waals surface area contributed by atoms with E-state index in [2.05, 4.69) is 43.2 Å². The molecule has 0 spiro atoms. The summed E-state index contributed by atoms with van der Waals surface area (Å²) >= 11 is 1.47. The van der Waals surface area contributed by atoms with Crippen molar-refractivity contribution in [3.05, 3.63) is 33.9 Å². The van der Waals surface area contributed by atoms with Gasteiger partial charge in [0.15, 0.2) is 0 Å². The lowest BCUT2D eigenvalue weighted by Crippen LogP contribution is -2.36. The molecule has 2 aliphatic rings. The molecular formula is C19H27N5O3S. The maximum absolute atomic E-state index is 13.0. The molecule has 0 radical (unpaired) electrons. The van der Waals surface area contributed by atoms with Crippen molar-refractivity contribution in [3.63, 3.8) is 0 Å². The van der Waals surface area contributed by atoms with Gasteiger partial charge in [0.25, 0.3) is 5.56 Å². The number of fused-ring (bicyclic) bond motifs is 1. The van der Waals surface area contributed by atoms with Crippen LogP contribution in [0.5, 0.6) is 0 Å². The molecule has 0 aromatic carbocycles. The summed E-state index contributed by atoms with van der Waals surface area (Å²) in [6.45, 7) is 8.85. The van der Waals surface area contributed by atoms with Gasteiger partial charge in [-0.3, -0.25) is 24.1 Å². The molecule has 4 rings (SSSR count). The van der Waals surface area contributed by atoms with Crippen LogP contribution in [-0.2, 0) is 9.53 Å². The first-order valence-corrected chi connectivity index (χ1v) is 10.7. The van der Waals surface area contributed by atoms with Gasteiger partial charge >= 0.3 is 0 Å². The third-order valence-electron chi connectivity index (χ3n) is 5.36. The number of carbonyl (C=O) groups is 1. The van der Waals surface area contributed by atoms with E-state index in [-0.39, 0.29) is 34.4 Å². The van der Waals surface area contributed by atoms with Crippen LogP contribution in [0.3, 0.4) is 0 Å². The minimum absolute atomic E-state index is 0.0688. The van der Waals surface area contributed by atoms with Crippen molar-refractivity contribution in [2.24, 2.45) is 0 Å². The molecule has 1 fully saturated rings. The number of H-pyrrole nitrogens is 1. The van der Waals surface area contributed by atoms with E-state index in [4.69, 9.17) is 4.74 Å². The first-order valence-electron chi connectivity index (χ1n) is 9.70. The average Bonchev–Trinajstić information content (AvgIpc) is 3.17. The fraction of sp³-hybridized carbons (Fsp3) is 0.632. The van der Waals surface area contributed by atoms with Crippen LogP contribution in [0.25, 0.3) is 0 Å². The Labute approximate surface area is 168 Å². The highest BCUT2D eigenvalue weighted by molar-refractivity contribution is 8.00. The van der Waals surface area contributed by atoms with Gasteiger partial charge in [-0.1, -0.05) is 0 Å². The number of carbonyl (C=O) groups excluding carboxylic acids is 1. The third kappa shape index (κ3) is 3.41. The summed E-state index contributed by atoms with van der Waals surface area (Å²) in [7, 11) is 0.